The highest BCUT2D eigenvalue weighted by Gasteiger charge is 2.52. The Balaban J connectivity index is 1.36. The average molecular weight is 418 g/mol. The number of fused-ring (bicyclic) bond motifs is 4. The fraction of sp³-hybridized carbons (Fsp3) is 0.400. The highest BCUT2D eigenvalue weighted by molar-refractivity contribution is 6.10. The molecule has 1 saturated heterocycles. The first-order chi connectivity index (χ1) is 14.9. The second kappa shape index (κ2) is 7.22. The van der Waals surface area contributed by atoms with Gasteiger partial charge in [0.1, 0.15) is 5.66 Å². The fourth-order valence-electron chi connectivity index (χ4n) is 5.54. The molecule has 6 nitrogen and oxygen atoms in total. The fourth-order valence-corrected chi connectivity index (χ4v) is 5.54. The Morgan fingerprint density at radius 3 is 2.68 bits per heavy atom. The molecule has 5 rings (SSSR count). The van der Waals surface area contributed by atoms with Crippen molar-refractivity contribution < 1.29 is 14.4 Å². The maximum Gasteiger partial charge on any atom is 0.257 e. The topological polar surface area (TPSA) is 60.9 Å². The third-order valence-corrected chi connectivity index (χ3v) is 7.26. The SMILES string of the molecule is CN(C(=O)CCN1C(=O)c2ccccc2N2C(=O)CC[C@@]12C)[C@H]1CCc2ccccc21. The van der Waals surface area contributed by atoms with Crippen molar-refractivity contribution in [2.45, 2.75) is 50.7 Å². The Kier molecular flexibility index (Phi) is 4.61. The first-order valence-corrected chi connectivity index (χ1v) is 11.0. The Labute approximate surface area is 182 Å². The summed E-state index contributed by atoms with van der Waals surface area (Å²) in [6.45, 7) is 2.23. The number of carbonyl (C=O) groups excluding carboxylic acids is 3. The van der Waals surface area contributed by atoms with Gasteiger partial charge in [0.15, 0.2) is 0 Å². The van der Waals surface area contributed by atoms with Gasteiger partial charge in [-0.1, -0.05) is 36.4 Å². The number of hydrogen-bond donors (Lipinski definition) is 0. The van der Waals surface area contributed by atoms with E-state index in [1.165, 1.54) is 11.1 Å². The van der Waals surface area contributed by atoms with E-state index < -0.39 is 5.66 Å². The van der Waals surface area contributed by atoms with Crippen molar-refractivity contribution in [2.75, 3.05) is 18.5 Å². The molecule has 3 aliphatic rings. The van der Waals surface area contributed by atoms with Crippen LogP contribution in [-0.4, -0.2) is 46.8 Å². The van der Waals surface area contributed by atoms with E-state index in [1.54, 1.807) is 15.9 Å². The van der Waals surface area contributed by atoms with Crippen LogP contribution in [0.3, 0.4) is 0 Å². The second-order valence-corrected chi connectivity index (χ2v) is 8.93. The van der Waals surface area contributed by atoms with Crippen molar-refractivity contribution in [2.24, 2.45) is 0 Å². The van der Waals surface area contributed by atoms with Crippen LogP contribution in [0, 0.1) is 0 Å². The number of para-hydroxylation sites is 1. The number of hydrogen-bond acceptors (Lipinski definition) is 3. The Bertz CT molecular complexity index is 1080. The molecule has 2 aliphatic heterocycles. The largest absolute Gasteiger partial charge is 0.339 e. The molecule has 0 aromatic heterocycles. The molecule has 0 radical (unpaired) electrons. The van der Waals surface area contributed by atoms with Crippen LogP contribution >= 0.6 is 0 Å². The third kappa shape index (κ3) is 2.96. The third-order valence-electron chi connectivity index (χ3n) is 7.26. The smallest absolute Gasteiger partial charge is 0.257 e. The monoisotopic (exact) mass is 417 g/mol. The van der Waals surface area contributed by atoms with E-state index in [1.807, 2.05) is 49.2 Å². The number of rotatable bonds is 4. The minimum atomic E-state index is -0.721. The van der Waals surface area contributed by atoms with E-state index in [0.717, 1.165) is 12.8 Å². The van der Waals surface area contributed by atoms with Gasteiger partial charge < -0.3 is 9.80 Å². The summed E-state index contributed by atoms with van der Waals surface area (Å²) in [5.41, 5.74) is 3.02. The van der Waals surface area contributed by atoms with E-state index in [9.17, 15) is 14.4 Å². The van der Waals surface area contributed by atoms with Gasteiger partial charge in [0, 0.05) is 26.4 Å². The molecular formula is C25H27N3O3. The van der Waals surface area contributed by atoms with Crippen molar-refractivity contribution >= 4 is 23.4 Å². The molecule has 1 aliphatic carbocycles. The first kappa shape index (κ1) is 19.8. The van der Waals surface area contributed by atoms with Gasteiger partial charge in [0.05, 0.1) is 17.3 Å². The minimum absolute atomic E-state index is 0.0211. The molecule has 2 aromatic carbocycles. The molecule has 2 atom stereocenters. The average Bonchev–Trinajstić information content (AvgIpc) is 3.34. The molecule has 1 fully saturated rings. The van der Waals surface area contributed by atoms with Crippen molar-refractivity contribution in [3.63, 3.8) is 0 Å². The van der Waals surface area contributed by atoms with Crippen LogP contribution in [0.15, 0.2) is 48.5 Å². The molecule has 160 valence electrons. The Morgan fingerprint density at radius 1 is 1.10 bits per heavy atom. The zero-order valence-corrected chi connectivity index (χ0v) is 18.0. The molecule has 31 heavy (non-hydrogen) atoms. The molecule has 0 bridgehead atoms. The highest BCUT2D eigenvalue weighted by Crippen LogP contribution is 2.44. The number of amides is 3. The lowest BCUT2D eigenvalue weighted by Crippen LogP contribution is -2.62. The van der Waals surface area contributed by atoms with Crippen LogP contribution in [0.25, 0.3) is 0 Å². The first-order valence-electron chi connectivity index (χ1n) is 11.0. The van der Waals surface area contributed by atoms with E-state index in [-0.39, 0.29) is 30.2 Å². The molecule has 2 aromatic rings. The van der Waals surface area contributed by atoms with Crippen LogP contribution in [0.5, 0.6) is 0 Å². The maximum absolute atomic E-state index is 13.3. The summed E-state index contributed by atoms with van der Waals surface area (Å²) < 4.78 is 0. The van der Waals surface area contributed by atoms with Crippen LogP contribution in [-0.2, 0) is 16.0 Å². The molecule has 2 heterocycles. The minimum Gasteiger partial charge on any atom is -0.339 e. The summed E-state index contributed by atoms with van der Waals surface area (Å²) in [6, 6.07) is 15.6. The van der Waals surface area contributed by atoms with Gasteiger partial charge in [-0.15, -0.1) is 0 Å². The number of nitrogens with zero attached hydrogens (tertiary/aromatic N) is 3. The summed E-state index contributed by atoms with van der Waals surface area (Å²) in [5.74, 6) is -0.0583. The van der Waals surface area contributed by atoms with E-state index >= 15 is 0 Å². The molecule has 0 unspecified atom stereocenters. The molecule has 3 amide bonds. The van der Waals surface area contributed by atoms with Crippen LogP contribution < -0.4 is 4.90 Å². The van der Waals surface area contributed by atoms with Gasteiger partial charge in [-0.2, -0.15) is 0 Å². The van der Waals surface area contributed by atoms with Gasteiger partial charge in [0.25, 0.3) is 5.91 Å². The van der Waals surface area contributed by atoms with Gasteiger partial charge in [-0.3, -0.25) is 19.3 Å². The van der Waals surface area contributed by atoms with Crippen LogP contribution in [0.1, 0.15) is 60.1 Å². The van der Waals surface area contributed by atoms with Crippen LogP contribution in [0.2, 0.25) is 0 Å². The Hall–Kier alpha value is -3.15. The van der Waals surface area contributed by atoms with E-state index in [0.29, 0.717) is 30.6 Å². The molecular weight excluding hydrogens is 390 g/mol. The molecule has 6 heteroatoms. The molecule has 0 spiro atoms. The summed E-state index contributed by atoms with van der Waals surface area (Å²) in [4.78, 5) is 44.4. The second-order valence-electron chi connectivity index (χ2n) is 8.93. The Morgan fingerprint density at radius 2 is 1.84 bits per heavy atom. The van der Waals surface area contributed by atoms with Crippen molar-refractivity contribution in [3.8, 4) is 0 Å². The lowest BCUT2D eigenvalue weighted by Gasteiger charge is -2.48. The number of aryl methyl sites for hydroxylation is 1. The van der Waals surface area contributed by atoms with Gasteiger partial charge in [0.2, 0.25) is 11.8 Å². The van der Waals surface area contributed by atoms with E-state index in [4.69, 9.17) is 0 Å². The summed E-state index contributed by atoms with van der Waals surface area (Å²) in [6.07, 6.45) is 3.13. The number of anilines is 1. The predicted octanol–water partition coefficient (Wildman–Crippen LogP) is 3.52. The number of carbonyl (C=O) groups is 3. The van der Waals surface area contributed by atoms with E-state index in [2.05, 4.69) is 12.1 Å². The maximum atomic E-state index is 13.3. The van der Waals surface area contributed by atoms with Crippen molar-refractivity contribution in [1.82, 2.24) is 9.80 Å². The lowest BCUT2D eigenvalue weighted by molar-refractivity contribution is -0.132. The van der Waals surface area contributed by atoms with Crippen molar-refractivity contribution in [3.05, 3.63) is 65.2 Å². The summed E-state index contributed by atoms with van der Waals surface area (Å²) in [7, 11) is 1.86. The zero-order chi connectivity index (χ0) is 21.8. The van der Waals surface area contributed by atoms with Gasteiger partial charge in [-0.05, 0) is 49.4 Å². The standard InChI is InChI=1S/C25H27N3O3/c1-25-15-13-23(30)28(25)21-10-6-5-9-19(21)24(31)27(25)16-14-22(29)26(2)20-12-11-17-7-3-4-8-18(17)20/h3-10,20H,11-16H2,1-2H3/t20-,25-/m0/s1. The summed E-state index contributed by atoms with van der Waals surface area (Å²) >= 11 is 0. The van der Waals surface area contributed by atoms with Crippen LogP contribution in [0.4, 0.5) is 5.69 Å². The number of benzene rings is 2. The zero-order valence-electron chi connectivity index (χ0n) is 18.0. The lowest BCUT2D eigenvalue weighted by atomic mass is 9.98. The van der Waals surface area contributed by atoms with Gasteiger partial charge in [-0.25, -0.2) is 0 Å². The molecule has 0 saturated carbocycles. The highest BCUT2D eigenvalue weighted by atomic mass is 16.2. The van der Waals surface area contributed by atoms with Gasteiger partial charge >= 0.3 is 0 Å². The quantitative estimate of drug-likeness (QED) is 0.765. The normalized spacial score (nSPS) is 24.1. The summed E-state index contributed by atoms with van der Waals surface area (Å²) in [5, 5.41) is 0. The predicted molar refractivity (Wildman–Crippen MR) is 117 cm³/mol. The molecule has 0 N–H and O–H groups in total. The van der Waals surface area contributed by atoms with Crippen molar-refractivity contribution in [1.29, 1.82) is 0 Å².